The molecule has 0 radical (unpaired) electrons. The molecule has 104 valence electrons. The van der Waals surface area contributed by atoms with E-state index in [1.807, 2.05) is 0 Å². The van der Waals surface area contributed by atoms with Crippen molar-refractivity contribution in [2.75, 3.05) is 13.7 Å². The molecule has 1 N–H and O–H groups in total. The molecular formula is C16H23NO2. The van der Waals surface area contributed by atoms with Gasteiger partial charge in [-0.2, -0.15) is 0 Å². The molecule has 19 heavy (non-hydrogen) atoms. The van der Waals surface area contributed by atoms with Crippen LogP contribution in [0.1, 0.15) is 28.7 Å². The molecule has 0 spiro atoms. The summed E-state index contributed by atoms with van der Waals surface area (Å²) in [5.74, 6) is 0.273. The van der Waals surface area contributed by atoms with Gasteiger partial charge in [0.05, 0.1) is 12.1 Å². The van der Waals surface area contributed by atoms with Gasteiger partial charge in [-0.3, -0.25) is 4.79 Å². The van der Waals surface area contributed by atoms with Gasteiger partial charge in [0.2, 0.25) is 0 Å². The molecule has 1 aromatic carbocycles. The van der Waals surface area contributed by atoms with E-state index >= 15 is 0 Å². The van der Waals surface area contributed by atoms with Crippen molar-refractivity contribution < 1.29 is 9.53 Å². The Morgan fingerprint density at radius 1 is 1.32 bits per heavy atom. The van der Waals surface area contributed by atoms with E-state index in [1.54, 1.807) is 7.11 Å². The number of ether oxygens (including phenoxy) is 1. The van der Waals surface area contributed by atoms with Crippen LogP contribution in [0.3, 0.4) is 0 Å². The zero-order valence-corrected chi connectivity index (χ0v) is 12.2. The van der Waals surface area contributed by atoms with Gasteiger partial charge in [0, 0.05) is 20.1 Å². The van der Waals surface area contributed by atoms with E-state index in [2.05, 4.69) is 38.2 Å². The number of benzene rings is 1. The van der Waals surface area contributed by atoms with E-state index in [4.69, 9.17) is 4.74 Å². The largest absolute Gasteiger partial charge is 0.380 e. The molecule has 3 heteroatoms. The van der Waals surface area contributed by atoms with Crippen LogP contribution < -0.4 is 5.32 Å². The number of carbonyl (C=O) groups excluding carboxylic acids is 1. The molecule has 1 aliphatic heterocycles. The van der Waals surface area contributed by atoms with E-state index in [0.29, 0.717) is 6.42 Å². The SMILES string of the molecule is COC1CNC(C(=O)Cc2c(C)cc(C)cc2C)C1. The molecule has 1 heterocycles. The Balaban J connectivity index is 2.08. The van der Waals surface area contributed by atoms with Crippen LogP contribution in [0, 0.1) is 20.8 Å². The highest BCUT2D eigenvalue weighted by Crippen LogP contribution is 2.19. The number of aryl methyl sites for hydroxylation is 3. The van der Waals surface area contributed by atoms with Gasteiger partial charge in [0.25, 0.3) is 0 Å². The fourth-order valence-electron chi connectivity index (χ4n) is 2.91. The van der Waals surface area contributed by atoms with Crippen molar-refractivity contribution in [2.45, 2.75) is 45.8 Å². The van der Waals surface area contributed by atoms with Gasteiger partial charge < -0.3 is 10.1 Å². The maximum absolute atomic E-state index is 12.3. The number of methoxy groups -OCH3 is 1. The van der Waals surface area contributed by atoms with E-state index < -0.39 is 0 Å². The van der Waals surface area contributed by atoms with Crippen molar-refractivity contribution >= 4 is 5.78 Å². The topological polar surface area (TPSA) is 38.3 Å². The summed E-state index contributed by atoms with van der Waals surface area (Å²) in [7, 11) is 1.70. The predicted molar refractivity (Wildman–Crippen MR) is 76.6 cm³/mol. The number of nitrogens with one attached hydrogen (secondary N) is 1. The lowest BCUT2D eigenvalue weighted by Gasteiger charge is -2.14. The number of carbonyl (C=O) groups is 1. The van der Waals surface area contributed by atoms with Gasteiger partial charge in [-0.15, -0.1) is 0 Å². The van der Waals surface area contributed by atoms with Crippen LogP contribution in [0.2, 0.25) is 0 Å². The molecular weight excluding hydrogens is 238 g/mol. The Kier molecular flexibility index (Phi) is 4.38. The third-order valence-electron chi connectivity index (χ3n) is 4.00. The maximum atomic E-state index is 12.3. The molecule has 1 aliphatic rings. The number of rotatable bonds is 4. The first-order chi connectivity index (χ1) is 9.01. The molecule has 1 aromatic rings. The Labute approximate surface area is 115 Å². The van der Waals surface area contributed by atoms with Gasteiger partial charge in [0.1, 0.15) is 0 Å². The van der Waals surface area contributed by atoms with Crippen LogP contribution in [0.15, 0.2) is 12.1 Å². The maximum Gasteiger partial charge on any atom is 0.154 e. The Morgan fingerprint density at radius 3 is 2.47 bits per heavy atom. The Hall–Kier alpha value is -1.19. The number of Topliss-reactive ketones (excluding diaryl/α,β-unsaturated/α-hetero) is 1. The molecule has 3 nitrogen and oxygen atoms in total. The summed E-state index contributed by atoms with van der Waals surface area (Å²) in [4.78, 5) is 12.3. The molecule has 0 saturated carbocycles. The van der Waals surface area contributed by atoms with Crippen molar-refractivity contribution in [3.63, 3.8) is 0 Å². The van der Waals surface area contributed by atoms with Crippen molar-refractivity contribution in [3.8, 4) is 0 Å². The molecule has 1 saturated heterocycles. The second kappa shape index (κ2) is 5.85. The Morgan fingerprint density at radius 2 is 1.95 bits per heavy atom. The van der Waals surface area contributed by atoms with Gasteiger partial charge in [0.15, 0.2) is 5.78 Å². The van der Waals surface area contributed by atoms with Gasteiger partial charge in [-0.05, 0) is 43.9 Å². The van der Waals surface area contributed by atoms with Crippen LogP contribution in [0.4, 0.5) is 0 Å². The first kappa shape index (κ1) is 14.2. The van der Waals surface area contributed by atoms with Crippen LogP contribution in [0.25, 0.3) is 0 Å². The average Bonchev–Trinajstić information content (AvgIpc) is 2.82. The monoisotopic (exact) mass is 261 g/mol. The number of hydrogen-bond acceptors (Lipinski definition) is 3. The van der Waals surface area contributed by atoms with Gasteiger partial charge in [-0.25, -0.2) is 0 Å². The molecule has 0 aliphatic carbocycles. The fourth-order valence-corrected chi connectivity index (χ4v) is 2.91. The van der Waals surface area contributed by atoms with Crippen molar-refractivity contribution in [1.29, 1.82) is 0 Å². The second-order valence-electron chi connectivity index (χ2n) is 5.57. The highest BCUT2D eigenvalue weighted by Gasteiger charge is 2.29. The van der Waals surface area contributed by atoms with E-state index in [-0.39, 0.29) is 17.9 Å². The Bertz CT molecular complexity index is 459. The average molecular weight is 261 g/mol. The fraction of sp³-hybridized carbons (Fsp3) is 0.562. The summed E-state index contributed by atoms with van der Waals surface area (Å²) in [6.45, 7) is 7.04. The summed E-state index contributed by atoms with van der Waals surface area (Å²) >= 11 is 0. The lowest BCUT2D eigenvalue weighted by molar-refractivity contribution is -0.120. The normalized spacial score (nSPS) is 22.7. The zero-order valence-electron chi connectivity index (χ0n) is 12.2. The van der Waals surface area contributed by atoms with Crippen LogP contribution in [0.5, 0.6) is 0 Å². The quantitative estimate of drug-likeness (QED) is 0.902. The summed E-state index contributed by atoms with van der Waals surface area (Å²) < 4.78 is 5.29. The van der Waals surface area contributed by atoms with Crippen LogP contribution in [-0.2, 0) is 16.0 Å². The summed E-state index contributed by atoms with van der Waals surface area (Å²) in [5.41, 5.74) is 4.86. The third kappa shape index (κ3) is 3.23. The standard InChI is InChI=1S/C16H23NO2/c1-10-5-11(2)14(12(3)6-10)8-16(18)15-7-13(19-4)9-17-15/h5-6,13,15,17H,7-9H2,1-4H3. The summed E-state index contributed by atoms with van der Waals surface area (Å²) in [5, 5.41) is 3.25. The van der Waals surface area contributed by atoms with E-state index in [1.165, 1.54) is 22.3 Å². The first-order valence-electron chi connectivity index (χ1n) is 6.87. The highest BCUT2D eigenvalue weighted by molar-refractivity contribution is 5.87. The molecule has 2 rings (SSSR count). The van der Waals surface area contributed by atoms with Gasteiger partial charge >= 0.3 is 0 Å². The summed E-state index contributed by atoms with van der Waals surface area (Å²) in [6.07, 6.45) is 1.49. The summed E-state index contributed by atoms with van der Waals surface area (Å²) in [6, 6.07) is 4.25. The molecule has 2 atom stereocenters. The highest BCUT2D eigenvalue weighted by atomic mass is 16.5. The zero-order chi connectivity index (χ0) is 14.0. The molecule has 0 bridgehead atoms. The predicted octanol–water partition coefficient (Wildman–Crippen LogP) is 2.10. The lowest BCUT2D eigenvalue weighted by atomic mass is 9.93. The van der Waals surface area contributed by atoms with Crippen molar-refractivity contribution in [3.05, 3.63) is 34.4 Å². The smallest absolute Gasteiger partial charge is 0.154 e. The molecule has 0 aromatic heterocycles. The third-order valence-corrected chi connectivity index (χ3v) is 4.00. The number of ketones is 1. The minimum absolute atomic E-state index is 0.0509. The van der Waals surface area contributed by atoms with Crippen LogP contribution >= 0.6 is 0 Å². The first-order valence-corrected chi connectivity index (χ1v) is 6.87. The van der Waals surface area contributed by atoms with E-state index in [9.17, 15) is 4.79 Å². The van der Waals surface area contributed by atoms with Gasteiger partial charge in [-0.1, -0.05) is 17.7 Å². The minimum Gasteiger partial charge on any atom is -0.380 e. The number of hydrogen-bond donors (Lipinski definition) is 1. The van der Waals surface area contributed by atoms with Crippen molar-refractivity contribution in [1.82, 2.24) is 5.32 Å². The van der Waals surface area contributed by atoms with Crippen LogP contribution in [-0.4, -0.2) is 31.6 Å². The lowest BCUT2D eigenvalue weighted by Crippen LogP contribution is -2.32. The molecule has 0 amide bonds. The molecule has 1 fully saturated rings. The molecule has 2 unspecified atom stereocenters. The van der Waals surface area contributed by atoms with E-state index in [0.717, 1.165) is 13.0 Å². The second-order valence-corrected chi connectivity index (χ2v) is 5.57. The minimum atomic E-state index is -0.0509. The van der Waals surface area contributed by atoms with Crippen molar-refractivity contribution in [2.24, 2.45) is 0 Å².